The van der Waals surface area contributed by atoms with Crippen LogP contribution in [0.1, 0.15) is 27.7 Å². The Kier molecular flexibility index (Phi) is 5.16. The van der Waals surface area contributed by atoms with Gasteiger partial charge in [-0.05, 0) is 45.9 Å². The van der Waals surface area contributed by atoms with Gasteiger partial charge in [0.1, 0.15) is 0 Å². The Hall–Kier alpha value is -2.63. The van der Waals surface area contributed by atoms with Gasteiger partial charge in [-0.15, -0.1) is 10.2 Å². The fourth-order valence-electron chi connectivity index (χ4n) is 1.96. The van der Waals surface area contributed by atoms with Crippen molar-refractivity contribution in [2.75, 3.05) is 11.9 Å². The average Bonchev–Trinajstić information content (AvgIpc) is 2.46. The van der Waals surface area contributed by atoms with E-state index in [4.69, 9.17) is 4.74 Å². The number of carbonyl (C=O) groups excluding carboxylic acids is 1. The zero-order chi connectivity index (χ0) is 16.9. The van der Waals surface area contributed by atoms with Crippen LogP contribution in [0.3, 0.4) is 0 Å². The minimum absolute atomic E-state index is 0.243. The molecule has 0 aliphatic heterocycles. The number of nitrogens with one attached hydrogen (secondary N) is 2. The maximum absolute atomic E-state index is 11.9. The van der Waals surface area contributed by atoms with Gasteiger partial charge in [-0.1, -0.05) is 12.1 Å². The third-order valence-electron chi connectivity index (χ3n) is 2.84. The molecule has 6 nitrogen and oxygen atoms in total. The molecule has 2 N–H and O–H groups in total. The van der Waals surface area contributed by atoms with E-state index in [-0.39, 0.29) is 11.6 Å². The predicted molar refractivity (Wildman–Crippen MR) is 90.5 cm³/mol. The molecular weight excluding hydrogens is 292 g/mol. The molecule has 0 unspecified atom stereocenters. The van der Waals surface area contributed by atoms with Crippen molar-refractivity contribution < 1.29 is 9.53 Å². The van der Waals surface area contributed by atoms with E-state index in [2.05, 4.69) is 20.8 Å². The second kappa shape index (κ2) is 7.09. The maximum atomic E-state index is 11.9. The monoisotopic (exact) mass is 314 g/mol. The lowest BCUT2D eigenvalue weighted by molar-refractivity contribution is 0.244. The van der Waals surface area contributed by atoms with E-state index in [1.807, 2.05) is 58.0 Å². The first kappa shape index (κ1) is 16.7. The number of hydrogen-bond acceptors (Lipinski definition) is 4. The van der Waals surface area contributed by atoms with E-state index in [0.29, 0.717) is 23.9 Å². The highest BCUT2D eigenvalue weighted by Crippen LogP contribution is 2.21. The number of benzene rings is 1. The smallest absolute Gasteiger partial charge is 0.319 e. The number of nitrogens with zero attached hydrogens (tertiary/aromatic N) is 2. The van der Waals surface area contributed by atoms with Gasteiger partial charge in [0.2, 0.25) is 5.88 Å². The largest absolute Gasteiger partial charge is 0.477 e. The number of aromatic nitrogens is 2. The molecule has 1 heterocycles. The minimum Gasteiger partial charge on any atom is -0.477 e. The molecule has 122 valence electrons. The Morgan fingerprint density at radius 3 is 2.57 bits per heavy atom. The van der Waals surface area contributed by atoms with Crippen LogP contribution in [0.2, 0.25) is 0 Å². The molecule has 1 aromatic carbocycles. The number of rotatable bonds is 4. The van der Waals surface area contributed by atoms with Crippen molar-refractivity contribution in [3.05, 3.63) is 36.4 Å². The van der Waals surface area contributed by atoms with Gasteiger partial charge in [0, 0.05) is 22.9 Å². The molecule has 0 atom stereocenters. The summed E-state index contributed by atoms with van der Waals surface area (Å²) in [5.74, 6) is 0.495. The first-order valence-electron chi connectivity index (χ1n) is 7.53. The molecule has 0 spiro atoms. The molecule has 0 aliphatic rings. The second-order valence-electron chi connectivity index (χ2n) is 6.10. The first-order chi connectivity index (χ1) is 10.9. The highest BCUT2D eigenvalue weighted by Gasteiger charge is 2.13. The Morgan fingerprint density at radius 1 is 1.17 bits per heavy atom. The third kappa shape index (κ3) is 5.25. The molecule has 0 fully saturated rings. The van der Waals surface area contributed by atoms with Gasteiger partial charge >= 0.3 is 6.03 Å². The van der Waals surface area contributed by atoms with Crippen LogP contribution in [0, 0.1) is 0 Å². The maximum Gasteiger partial charge on any atom is 0.319 e. The summed E-state index contributed by atoms with van der Waals surface area (Å²) in [6.07, 6.45) is 0. The van der Waals surface area contributed by atoms with Crippen molar-refractivity contribution in [1.29, 1.82) is 0 Å². The lowest BCUT2D eigenvalue weighted by atomic mass is 10.1. The quantitative estimate of drug-likeness (QED) is 0.906. The Bertz CT molecular complexity index is 663. The summed E-state index contributed by atoms with van der Waals surface area (Å²) in [6.45, 7) is 8.24. The summed E-state index contributed by atoms with van der Waals surface area (Å²) >= 11 is 0. The molecule has 1 aromatic heterocycles. The van der Waals surface area contributed by atoms with Crippen LogP contribution >= 0.6 is 0 Å². The Morgan fingerprint density at radius 2 is 1.96 bits per heavy atom. The Labute approximate surface area is 136 Å². The van der Waals surface area contributed by atoms with Crippen molar-refractivity contribution in [1.82, 2.24) is 15.5 Å². The van der Waals surface area contributed by atoms with Crippen molar-refractivity contribution in [2.45, 2.75) is 33.2 Å². The summed E-state index contributed by atoms with van der Waals surface area (Å²) < 4.78 is 5.28. The molecule has 6 heteroatoms. The third-order valence-corrected chi connectivity index (χ3v) is 2.84. The SMILES string of the molecule is CCOc1ccc(-c2cccc(NC(=O)NC(C)(C)C)c2)nn1. The van der Waals surface area contributed by atoms with E-state index >= 15 is 0 Å². The summed E-state index contributed by atoms with van der Waals surface area (Å²) in [6, 6.07) is 10.8. The molecule has 2 rings (SSSR count). The number of ether oxygens (including phenoxy) is 1. The number of carbonyl (C=O) groups is 1. The van der Waals surface area contributed by atoms with Crippen molar-refractivity contribution >= 4 is 11.7 Å². The standard InChI is InChI=1S/C17H22N4O2/c1-5-23-15-10-9-14(20-21-15)12-7-6-8-13(11-12)18-16(22)19-17(2,3)4/h6-11H,5H2,1-4H3,(H2,18,19,22). The van der Waals surface area contributed by atoms with Gasteiger partial charge < -0.3 is 15.4 Å². The Balaban J connectivity index is 2.11. The zero-order valence-corrected chi connectivity index (χ0v) is 13.9. The summed E-state index contributed by atoms with van der Waals surface area (Å²) in [5.41, 5.74) is 1.99. The molecule has 23 heavy (non-hydrogen) atoms. The van der Waals surface area contributed by atoms with Crippen LogP contribution in [0.15, 0.2) is 36.4 Å². The molecule has 0 bridgehead atoms. The zero-order valence-electron chi connectivity index (χ0n) is 13.9. The van der Waals surface area contributed by atoms with Crippen LogP contribution in [0.4, 0.5) is 10.5 Å². The normalized spacial score (nSPS) is 11.0. The molecule has 2 aromatic rings. The van der Waals surface area contributed by atoms with Gasteiger partial charge in [-0.3, -0.25) is 0 Å². The number of hydrogen-bond donors (Lipinski definition) is 2. The summed E-state index contributed by atoms with van der Waals surface area (Å²) in [5, 5.41) is 13.8. The van der Waals surface area contributed by atoms with E-state index in [1.54, 1.807) is 6.07 Å². The number of anilines is 1. The molecule has 2 amide bonds. The minimum atomic E-state index is -0.289. The fraction of sp³-hybridized carbons (Fsp3) is 0.353. The van der Waals surface area contributed by atoms with Crippen LogP contribution in [-0.2, 0) is 0 Å². The topological polar surface area (TPSA) is 76.1 Å². The number of urea groups is 1. The van der Waals surface area contributed by atoms with Crippen LogP contribution in [0.5, 0.6) is 5.88 Å². The first-order valence-corrected chi connectivity index (χ1v) is 7.53. The van der Waals surface area contributed by atoms with Gasteiger partial charge in [0.15, 0.2) is 0 Å². The summed E-state index contributed by atoms with van der Waals surface area (Å²) in [7, 11) is 0. The molecule has 0 aliphatic carbocycles. The predicted octanol–water partition coefficient (Wildman–Crippen LogP) is 3.46. The van der Waals surface area contributed by atoms with Gasteiger partial charge in [0.25, 0.3) is 0 Å². The second-order valence-corrected chi connectivity index (χ2v) is 6.10. The van der Waals surface area contributed by atoms with Gasteiger partial charge in [-0.25, -0.2) is 4.79 Å². The molecular formula is C17H22N4O2. The molecule has 0 saturated carbocycles. The van der Waals surface area contributed by atoms with E-state index in [0.717, 1.165) is 5.56 Å². The van der Waals surface area contributed by atoms with Crippen molar-refractivity contribution in [3.8, 4) is 17.1 Å². The molecule has 0 radical (unpaired) electrons. The lowest BCUT2D eigenvalue weighted by Gasteiger charge is -2.20. The van der Waals surface area contributed by atoms with Crippen molar-refractivity contribution in [2.24, 2.45) is 0 Å². The van der Waals surface area contributed by atoms with Crippen LogP contribution in [-0.4, -0.2) is 28.4 Å². The lowest BCUT2D eigenvalue weighted by Crippen LogP contribution is -2.43. The summed E-state index contributed by atoms with van der Waals surface area (Å²) in [4.78, 5) is 11.9. The van der Waals surface area contributed by atoms with E-state index in [1.165, 1.54) is 0 Å². The highest BCUT2D eigenvalue weighted by molar-refractivity contribution is 5.90. The van der Waals surface area contributed by atoms with E-state index in [9.17, 15) is 4.79 Å². The van der Waals surface area contributed by atoms with Gasteiger partial charge in [-0.2, -0.15) is 0 Å². The molecule has 0 saturated heterocycles. The number of amides is 2. The fourth-order valence-corrected chi connectivity index (χ4v) is 1.96. The average molecular weight is 314 g/mol. The van der Waals surface area contributed by atoms with E-state index < -0.39 is 0 Å². The van der Waals surface area contributed by atoms with Gasteiger partial charge in [0.05, 0.1) is 12.3 Å². The highest BCUT2D eigenvalue weighted by atomic mass is 16.5. The van der Waals surface area contributed by atoms with Crippen molar-refractivity contribution in [3.63, 3.8) is 0 Å². The van der Waals surface area contributed by atoms with Crippen LogP contribution < -0.4 is 15.4 Å². The van der Waals surface area contributed by atoms with Crippen LogP contribution in [0.25, 0.3) is 11.3 Å².